The fraction of sp³-hybridized carbons (Fsp3) is 0.286. The molecule has 0 saturated carbocycles. The minimum Gasteiger partial charge on any atom is -0.369 e. The van der Waals surface area contributed by atoms with Gasteiger partial charge in [-0.15, -0.1) is 0 Å². The van der Waals surface area contributed by atoms with Crippen LogP contribution in [-0.4, -0.2) is 15.2 Å². The van der Waals surface area contributed by atoms with Crippen LogP contribution >= 0.6 is 11.6 Å². The summed E-state index contributed by atoms with van der Waals surface area (Å²) in [6.45, 7) is 3.31. The molecular weight excluding hydrogens is 351 g/mol. The number of benzene rings is 2. The molecule has 0 bridgehead atoms. The molecule has 0 amide bonds. The highest BCUT2D eigenvalue weighted by atomic mass is 35.5. The molecule has 0 N–H and O–H groups in total. The van der Waals surface area contributed by atoms with Gasteiger partial charge in [0.25, 0.3) is 0 Å². The van der Waals surface area contributed by atoms with Crippen LogP contribution in [0.1, 0.15) is 24.5 Å². The van der Waals surface area contributed by atoms with Gasteiger partial charge in [0.05, 0.1) is 25.1 Å². The lowest BCUT2D eigenvalue weighted by molar-refractivity contribution is -0.0602. The third-order valence-electron chi connectivity index (χ3n) is 4.43. The summed E-state index contributed by atoms with van der Waals surface area (Å²) in [5.74, 6) is -0.214. The molecule has 1 heterocycles. The SMILES string of the molecule is CC(CCc1ccc(F)cc1)(Cn1ccnc1)OCc1ccc(Cl)cc1. The van der Waals surface area contributed by atoms with E-state index < -0.39 is 0 Å². The third kappa shape index (κ3) is 5.41. The van der Waals surface area contributed by atoms with Crippen molar-refractivity contribution in [2.24, 2.45) is 0 Å². The summed E-state index contributed by atoms with van der Waals surface area (Å²) >= 11 is 5.95. The Labute approximate surface area is 158 Å². The number of aromatic nitrogens is 2. The lowest BCUT2D eigenvalue weighted by atomic mass is 9.96. The summed E-state index contributed by atoms with van der Waals surface area (Å²) in [7, 11) is 0. The molecule has 0 aliphatic carbocycles. The minimum absolute atomic E-state index is 0.214. The Bertz CT molecular complexity index is 752. The first-order valence-electron chi connectivity index (χ1n) is 8.61. The van der Waals surface area contributed by atoms with E-state index in [2.05, 4.69) is 11.9 Å². The molecule has 5 heteroatoms. The Hall–Kier alpha value is -2.17. The number of hydrogen-bond acceptors (Lipinski definition) is 2. The van der Waals surface area contributed by atoms with Gasteiger partial charge < -0.3 is 9.30 Å². The van der Waals surface area contributed by atoms with Gasteiger partial charge in [0.1, 0.15) is 5.82 Å². The highest BCUT2D eigenvalue weighted by molar-refractivity contribution is 6.30. The van der Waals surface area contributed by atoms with Crippen LogP contribution in [0.3, 0.4) is 0 Å². The lowest BCUT2D eigenvalue weighted by Gasteiger charge is -2.30. The van der Waals surface area contributed by atoms with Crippen molar-refractivity contribution in [3.05, 3.63) is 89.2 Å². The maximum absolute atomic E-state index is 13.1. The summed E-state index contributed by atoms with van der Waals surface area (Å²) in [6.07, 6.45) is 7.11. The first-order chi connectivity index (χ1) is 12.5. The number of nitrogens with zero attached hydrogens (tertiary/aromatic N) is 2. The molecule has 26 heavy (non-hydrogen) atoms. The first kappa shape index (κ1) is 18.6. The quantitative estimate of drug-likeness (QED) is 0.537. The van der Waals surface area contributed by atoms with Crippen molar-refractivity contribution in [1.29, 1.82) is 0 Å². The average Bonchev–Trinajstić information content (AvgIpc) is 3.14. The molecule has 3 aromatic rings. The number of imidazole rings is 1. The van der Waals surface area contributed by atoms with Gasteiger partial charge in [-0.25, -0.2) is 9.37 Å². The fourth-order valence-corrected chi connectivity index (χ4v) is 2.99. The molecule has 3 rings (SSSR count). The van der Waals surface area contributed by atoms with Crippen LogP contribution in [0.2, 0.25) is 5.02 Å². The standard InChI is InChI=1S/C21H22ClFN2O/c1-21(15-25-13-12-24-16-25,11-10-17-4-8-20(23)9-5-17)26-14-18-2-6-19(22)7-3-18/h2-9,12-13,16H,10-11,14-15H2,1H3. The van der Waals surface area contributed by atoms with Crippen molar-refractivity contribution < 1.29 is 9.13 Å². The largest absolute Gasteiger partial charge is 0.369 e. The van der Waals surface area contributed by atoms with Crippen LogP contribution in [0.5, 0.6) is 0 Å². The molecule has 2 aromatic carbocycles. The second-order valence-electron chi connectivity index (χ2n) is 6.73. The molecular formula is C21H22ClFN2O. The highest BCUT2D eigenvalue weighted by Gasteiger charge is 2.26. The summed E-state index contributed by atoms with van der Waals surface area (Å²) in [4.78, 5) is 4.11. The molecule has 0 radical (unpaired) electrons. The predicted molar refractivity (Wildman–Crippen MR) is 102 cm³/mol. The first-order valence-corrected chi connectivity index (χ1v) is 8.99. The van der Waals surface area contributed by atoms with Crippen molar-refractivity contribution in [2.45, 2.75) is 38.5 Å². The molecule has 0 aliphatic heterocycles. The van der Waals surface area contributed by atoms with Gasteiger partial charge in [-0.3, -0.25) is 0 Å². The fourth-order valence-electron chi connectivity index (χ4n) is 2.86. The molecule has 1 unspecified atom stereocenters. The van der Waals surface area contributed by atoms with E-state index in [0.29, 0.717) is 18.2 Å². The second kappa shape index (κ2) is 8.47. The van der Waals surface area contributed by atoms with Gasteiger partial charge in [0, 0.05) is 17.4 Å². The van der Waals surface area contributed by atoms with Crippen molar-refractivity contribution in [3.63, 3.8) is 0 Å². The van der Waals surface area contributed by atoms with Gasteiger partial charge in [-0.05, 0) is 55.2 Å². The number of ether oxygens (including phenoxy) is 1. The van der Waals surface area contributed by atoms with Crippen molar-refractivity contribution in [3.8, 4) is 0 Å². The smallest absolute Gasteiger partial charge is 0.123 e. The van der Waals surface area contributed by atoms with E-state index in [1.165, 1.54) is 12.1 Å². The second-order valence-corrected chi connectivity index (χ2v) is 7.16. The van der Waals surface area contributed by atoms with Crippen LogP contribution in [0.15, 0.2) is 67.3 Å². The Balaban J connectivity index is 1.68. The van der Waals surface area contributed by atoms with Crippen molar-refractivity contribution in [2.75, 3.05) is 0 Å². The number of aryl methyl sites for hydroxylation is 1. The maximum atomic E-state index is 13.1. The summed E-state index contributed by atoms with van der Waals surface area (Å²) in [6, 6.07) is 14.3. The van der Waals surface area contributed by atoms with Crippen LogP contribution < -0.4 is 0 Å². The van der Waals surface area contributed by atoms with E-state index in [0.717, 1.165) is 24.0 Å². The van der Waals surface area contributed by atoms with Gasteiger partial charge in [-0.1, -0.05) is 35.9 Å². The van der Waals surface area contributed by atoms with Crippen LogP contribution in [0.25, 0.3) is 0 Å². The minimum atomic E-state index is -0.380. The Morgan fingerprint density at radius 3 is 2.42 bits per heavy atom. The van der Waals surface area contributed by atoms with Gasteiger partial charge >= 0.3 is 0 Å². The molecule has 0 spiro atoms. The Kier molecular flexibility index (Phi) is 6.07. The van der Waals surface area contributed by atoms with Gasteiger partial charge in [0.2, 0.25) is 0 Å². The molecule has 0 saturated heterocycles. The molecule has 3 nitrogen and oxygen atoms in total. The Morgan fingerprint density at radius 1 is 1.08 bits per heavy atom. The van der Waals surface area contributed by atoms with Gasteiger partial charge in [-0.2, -0.15) is 0 Å². The average molecular weight is 373 g/mol. The predicted octanol–water partition coefficient (Wildman–Crippen LogP) is 5.28. The maximum Gasteiger partial charge on any atom is 0.123 e. The van der Waals surface area contributed by atoms with E-state index in [1.54, 1.807) is 12.5 Å². The third-order valence-corrected chi connectivity index (χ3v) is 4.68. The van der Waals surface area contributed by atoms with E-state index in [4.69, 9.17) is 16.3 Å². The lowest BCUT2D eigenvalue weighted by Crippen LogP contribution is -2.34. The van der Waals surface area contributed by atoms with Gasteiger partial charge in [0.15, 0.2) is 0 Å². The number of rotatable bonds is 8. The van der Waals surface area contributed by atoms with E-state index in [1.807, 2.05) is 47.2 Å². The van der Waals surface area contributed by atoms with E-state index >= 15 is 0 Å². The summed E-state index contributed by atoms with van der Waals surface area (Å²) in [5, 5.41) is 0.714. The molecule has 136 valence electrons. The molecule has 0 fully saturated rings. The number of hydrogen-bond donors (Lipinski definition) is 0. The summed E-state index contributed by atoms with van der Waals surface area (Å²) < 4.78 is 21.4. The summed E-state index contributed by atoms with van der Waals surface area (Å²) in [5.41, 5.74) is 1.79. The highest BCUT2D eigenvalue weighted by Crippen LogP contribution is 2.24. The van der Waals surface area contributed by atoms with E-state index in [9.17, 15) is 4.39 Å². The topological polar surface area (TPSA) is 27.1 Å². The molecule has 1 aromatic heterocycles. The van der Waals surface area contributed by atoms with Crippen molar-refractivity contribution in [1.82, 2.24) is 9.55 Å². The normalized spacial score (nSPS) is 13.5. The number of halogens is 2. The van der Waals surface area contributed by atoms with Crippen LogP contribution in [-0.2, 0) is 24.3 Å². The molecule has 1 atom stereocenters. The zero-order valence-corrected chi connectivity index (χ0v) is 15.5. The monoisotopic (exact) mass is 372 g/mol. The zero-order valence-electron chi connectivity index (χ0n) is 14.7. The van der Waals surface area contributed by atoms with Crippen LogP contribution in [0, 0.1) is 5.82 Å². The zero-order chi connectivity index (χ0) is 18.4. The van der Waals surface area contributed by atoms with Crippen molar-refractivity contribution >= 4 is 11.6 Å². The van der Waals surface area contributed by atoms with Crippen LogP contribution in [0.4, 0.5) is 4.39 Å². The molecule has 0 aliphatic rings. The Morgan fingerprint density at radius 2 is 1.77 bits per heavy atom. The van der Waals surface area contributed by atoms with E-state index in [-0.39, 0.29) is 11.4 Å².